The molecule has 1 aliphatic rings. The maximum atomic E-state index is 5.25. The molecule has 1 N–H and O–H groups in total. The van der Waals surface area contributed by atoms with Crippen LogP contribution in [-0.2, 0) is 0 Å². The van der Waals surface area contributed by atoms with Crippen LogP contribution >= 0.6 is 11.8 Å². The van der Waals surface area contributed by atoms with Crippen LogP contribution in [0.25, 0.3) is 10.9 Å². The summed E-state index contributed by atoms with van der Waals surface area (Å²) in [5, 5.41) is 2.39. The first-order valence-corrected chi connectivity index (χ1v) is 8.29. The predicted molar refractivity (Wildman–Crippen MR) is 89.7 cm³/mol. The van der Waals surface area contributed by atoms with E-state index in [1.807, 2.05) is 17.8 Å². The zero-order valence-corrected chi connectivity index (χ0v) is 13.4. The van der Waals surface area contributed by atoms with E-state index in [2.05, 4.69) is 40.1 Å². The molecular formula is C16H21N3OS. The van der Waals surface area contributed by atoms with E-state index in [-0.39, 0.29) is 0 Å². The van der Waals surface area contributed by atoms with Gasteiger partial charge in [-0.3, -0.25) is 4.99 Å². The standard InChI is InChI=1S/C16H21N3OS/c1-19-8-3-4-15(19)17-7-9-21-16-11-12-10-13(20-2)5-6-14(12)18-16/h5-6,10-11,18H,3-4,7-9H2,1-2H3. The van der Waals surface area contributed by atoms with Crippen molar-refractivity contribution in [2.75, 3.05) is 33.0 Å². The maximum absolute atomic E-state index is 5.25. The third-order valence-electron chi connectivity index (χ3n) is 3.78. The fourth-order valence-electron chi connectivity index (χ4n) is 2.61. The molecule has 0 saturated carbocycles. The molecule has 0 bridgehead atoms. The van der Waals surface area contributed by atoms with Crippen molar-refractivity contribution in [2.45, 2.75) is 17.9 Å². The Morgan fingerprint density at radius 1 is 1.38 bits per heavy atom. The largest absolute Gasteiger partial charge is 0.497 e. The molecule has 112 valence electrons. The van der Waals surface area contributed by atoms with Crippen molar-refractivity contribution < 1.29 is 4.74 Å². The second-order valence-electron chi connectivity index (χ2n) is 5.26. The fourth-order valence-corrected chi connectivity index (χ4v) is 3.41. The number of rotatable bonds is 5. The number of methoxy groups -OCH3 is 1. The highest BCUT2D eigenvalue weighted by atomic mass is 32.2. The summed E-state index contributed by atoms with van der Waals surface area (Å²) in [4.78, 5) is 10.4. The van der Waals surface area contributed by atoms with Gasteiger partial charge in [0.1, 0.15) is 5.75 Å². The van der Waals surface area contributed by atoms with Crippen LogP contribution in [-0.4, -0.2) is 48.7 Å². The molecule has 0 spiro atoms. The summed E-state index contributed by atoms with van der Waals surface area (Å²) in [5.41, 5.74) is 1.15. The molecule has 0 aliphatic carbocycles. The van der Waals surface area contributed by atoms with E-state index in [0.717, 1.165) is 36.5 Å². The minimum atomic E-state index is 0.878. The van der Waals surface area contributed by atoms with Crippen molar-refractivity contribution in [1.29, 1.82) is 0 Å². The van der Waals surface area contributed by atoms with E-state index in [9.17, 15) is 0 Å². The van der Waals surface area contributed by atoms with Crippen molar-refractivity contribution in [3.8, 4) is 5.75 Å². The van der Waals surface area contributed by atoms with E-state index in [1.165, 1.54) is 22.7 Å². The zero-order chi connectivity index (χ0) is 14.7. The van der Waals surface area contributed by atoms with Gasteiger partial charge in [-0.05, 0) is 30.7 Å². The van der Waals surface area contributed by atoms with E-state index in [0.29, 0.717) is 0 Å². The van der Waals surface area contributed by atoms with Crippen LogP contribution in [0.5, 0.6) is 5.75 Å². The second-order valence-corrected chi connectivity index (χ2v) is 6.40. The lowest BCUT2D eigenvalue weighted by Crippen LogP contribution is -2.19. The van der Waals surface area contributed by atoms with Gasteiger partial charge in [0, 0.05) is 36.7 Å². The number of benzene rings is 1. The Morgan fingerprint density at radius 3 is 3.05 bits per heavy atom. The number of hydrogen-bond acceptors (Lipinski definition) is 3. The minimum Gasteiger partial charge on any atom is -0.497 e. The normalized spacial score (nSPS) is 17.0. The van der Waals surface area contributed by atoms with Gasteiger partial charge in [0.15, 0.2) is 0 Å². The zero-order valence-electron chi connectivity index (χ0n) is 12.6. The Balaban J connectivity index is 1.58. The topological polar surface area (TPSA) is 40.6 Å². The third-order valence-corrected chi connectivity index (χ3v) is 4.70. The number of aromatic amines is 1. The number of thioether (sulfide) groups is 1. The quantitative estimate of drug-likeness (QED) is 0.680. The molecule has 1 fully saturated rings. The Hall–Kier alpha value is -1.62. The van der Waals surface area contributed by atoms with Crippen LogP contribution in [0.1, 0.15) is 12.8 Å². The lowest BCUT2D eigenvalue weighted by Gasteiger charge is -2.10. The van der Waals surface area contributed by atoms with Gasteiger partial charge in [-0.2, -0.15) is 0 Å². The number of nitrogens with zero attached hydrogens (tertiary/aromatic N) is 2. The summed E-state index contributed by atoms with van der Waals surface area (Å²) in [6, 6.07) is 8.28. The van der Waals surface area contributed by atoms with E-state index in [4.69, 9.17) is 4.74 Å². The van der Waals surface area contributed by atoms with Crippen LogP contribution in [0, 0.1) is 0 Å². The van der Waals surface area contributed by atoms with Crippen LogP contribution < -0.4 is 4.74 Å². The summed E-state index contributed by atoms with van der Waals surface area (Å²) < 4.78 is 5.25. The Labute approximate surface area is 129 Å². The summed E-state index contributed by atoms with van der Waals surface area (Å²) in [6.07, 6.45) is 2.37. The molecule has 5 heteroatoms. The van der Waals surface area contributed by atoms with Crippen LogP contribution in [0.4, 0.5) is 0 Å². The monoisotopic (exact) mass is 303 g/mol. The van der Waals surface area contributed by atoms with E-state index in [1.54, 1.807) is 7.11 Å². The molecule has 0 unspecified atom stereocenters. The molecule has 2 aromatic rings. The molecular weight excluding hydrogens is 282 g/mol. The Bertz CT molecular complexity index is 650. The van der Waals surface area contributed by atoms with Crippen molar-refractivity contribution >= 4 is 28.5 Å². The molecule has 1 aromatic heterocycles. The minimum absolute atomic E-state index is 0.878. The molecule has 1 saturated heterocycles. The Morgan fingerprint density at radius 2 is 2.29 bits per heavy atom. The van der Waals surface area contributed by atoms with Gasteiger partial charge in [0.05, 0.1) is 24.5 Å². The van der Waals surface area contributed by atoms with E-state index >= 15 is 0 Å². The number of aliphatic imine (C=N–C) groups is 1. The first-order valence-electron chi connectivity index (χ1n) is 7.30. The van der Waals surface area contributed by atoms with E-state index < -0.39 is 0 Å². The highest BCUT2D eigenvalue weighted by molar-refractivity contribution is 7.99. The number of aromatic nitrogens is 1. The van der Waals surface area contributed by atoms with Crippen LogP contribution in [0.3, 0.4) is 0 Å². The Kier molecular flexibility index (Phi) is 4.39. The summed E-state index contributed by atoms with van der Waals surface area (Å²) in [6.45, 7) is 2.03. The third kappa shape index (κ3) is 3.35. The van der Waals surface area contributed by atoms with Gasteiger partial charge in [0.25, 0.3) is 0 Å². The SMILES string of the molecule is COc1ccc2[nH]c(SCCN=C3CCCN3C)cc2c1. The highest BCUT2D eigenvalue weighted by Gasteiger charge is 2.13. The molecule has 21 heavy (non-hydrogen) atoms. The lowest BCUT2D eigenvalue weighted by atomic mass is 10.2. The number of fused-ring (bicyclic) bond motifs is 1. The lowest BCUT2D eigenvalue weighted by molar-refractivity contribution is 0.415. The van der Waals surface area contributed by atoms with Crippen molar-refractivity contribution in [3.63, 3.8) is 0 Å². The molecule has 0 atom stereocenters. The number of ether oxygens (including phenoxy) is 1. The average molecular weight is 303 g/mol. The summed E-state index contributed by atoms with van der Waals surface area (Å²) >= 11 is 1.82. The highest BCUT2D eigenvalue weighted by Crippen LogP contribution is 2.26. The van der Waals surface area contributed by atoms with Crippen molar-refractivity contribution in [2.24, 2.45) is 4.99 Å². The average Bonchev–Trinajstić information content (AvgIpc) is 3.08. The number of nitrogens with one attached hydrogen (secondary N) is 1. The van der Waals surface area contributed by atoms with Gasteiger partial charge >= 0.3 is 0 Å². The molecule has 0 amide bonds. The van der Waals surface area contributed by atoms with Crippen molar-refractivity contribution in [3.05, 3.63) is 24.3 Å². The maximum Gasteiger partial charge on any atom is 0.119 e. The van der Waals surface area contributed by atoms with Crippen LogP contribution in [0.15, 0.2) is 34.3 Å². The molecule has 0 radical (unpaired) electrons. The van der Waals surface area contributed by atoms with Gasteiger partial charge in [-0.15, -0.1) is 11.8 Å². The molecule has 1 aromatic carbocycles. The second kappa shape index (κ2) is 6.43. The summed E-state index contributed by atoms with van der Waals surface area (Å²) in [5.74, 6) is 3.16. The first kappa shape index (κ1) is 14.3. The van der Waals surface area contributed by atoms with Crippen molar-refractivity contribution in [1.82, 2.24) is 9.88 Å². The molecule has 2 heterocycles. The molecule has 1 aliphatic heterocycles. The van der Waals surface area contributed by atoms with Gasteiger partial charge in [-0.1, -0.05) is 0 Å². The smallest absolute Gasteiger partial charge is 0.119 e. The molecule has 4 nitrogen and oxygen atoms in total. The number of hydrogen-bond donors (Lipinski definition) is 1. The number of likely N-dealkylation sites (tertiary alicyclic amines) is 1. The number of amidine groups is 1. The molecule has 3 rings (SSSR count). The van der Waals surface area contributed by atoms with Crippen LogP contribution in [0.2, 0.25) is 0 Å². The fraction of sp³-hybridized carbons (Fsp3) is 0.438. The first-order chi connectivity index (χ1) is 10.3. The van der Waals surface area contributed by atoms with Gasteiger partial charge in [0.2, 0.25) is 0 Å². The van der Waals surface area contributed by atoms with Gasteiger partial charge < -0.3 is 14.6 Å². The number of H-pyrrole nitrogens is 1. The summed E-state index contributed by atoms with van der Waals surface area (Å²) in [7, 11) is 3.83. The van der Waals surface area contributed by atoms with Gasteiger partial charge in [-0.25, -0.2) is 0 Å². The predicted octanol–water partition coefficient (Wildman–Crippen LogP) is 3.39.